The number of nitriles is 1. The van der Waals surface area contributed by atoms with Crippen molar-refractivity contribution in [1.82, 2.24) is 25.1 Å². The maximum absolute atomic E-state index is 11.8. The van der Waals surface area contributed by atoms with Gasteiger partial charge in [-0.2, -0.15) is 10.4 Å². The van der Waals surface area contributed by atoms with E-state index < -0.39 is 0 Å². The van der Waals surface area contributed by atoms with E-state index in [4.69, 9.17) is 21.6 Å². The van der Waals surface area contributed by atoms with E-state index in [1.165, 1.54) is 6.07 Å². The molecule has 5 aromatic rings. The molecule has 0 saturated heterocycles. The number of nitrogens with one attached hydrogen (secondary N) is 2. The molecule has 8 heteroatoms. The number of hydrogen-bond donors (Lipinski definition) is 2. The lowest BCUT2D eigenvalue weighted by Gasteiger charge is -2.13. The molecule has 0 bridgehead atoms. The van der Waals surface area contributed by atoms with Gasteiger partial charge in [-0.1, -0.05) is 23.7 Å². The van der Waals surface area contributed by atoms with E-state index in [0.29, 0.717) is 33.1 Å². The van der Waals surface area contributed by atoms with Crippen LogP contribution in [0.5, 0.6) is 0 Å². The standard InChI is InChI=1S/C22H13ClN6O/c1-11-12(9-24)3-2-4-15(11)21-20(26-17-5-6-18(30)27-22(17)28-21)13-7-14-10-25-29-19(14)16(23)8-13/h2-8,10H,1H3,(H,25,29)(H,27,28,30). The van der Waals surface area contributed by atoms with Gasteiger partial charge in [0.2, 0.25) is 5.56 Å². The monoisotopic (exact) mass is 412 g/mol. The van der Waals surface area contributed by atoms with E-state index in [9.17, 15) is 10.1 Å². The zero-order chi connectivity index (χ0) is 20.8. The number of fused-ring (bicyclic) bond motifs is 2. The van der Waals surface area contributed by atoms with Crippen molar-refractivity contribution in [3.05, 3.63) is 75.2 Å². The lowest BCUT2D eigenvalue weighted by Crippen LogP contribution is -2.06. The minimum atomic E-state index is -0.263. The number of pyridine rings is 1. The van der Waals surface area contributed by atoms with Crippen molar-refractivity contribution in [1.29, 1.82) is 5.26 Å². The summed E-state index contributed by atoms with van der Waals surface area (Å²) in [5, 5.41) is 17.7. The summed E-state index contributed by atoms with van der Waals surface area (Å²) in [6.45, 7) is 1.86. The topological polar surface area (TPSA) is 111 Å². The van der Waals surface area contributed by atoms with Crippen molar-refractivity contribution in [2.24, 2.45) is 0 Å². The van der Waals surface area contributed by atoms with E-state index in [1.54, 1.807) is 30.5 Å². The first-order valence-corrected chi connectivity index (χ1v) is 9.47. The van der Waals surface area contributed by atoms with Crippen LogP contribution < -0.4 is 5.56 Å². The summed E-state index contributed by atoms with van der Waals surface area (Å²) >= 11 is 6.46. The summed E-state index contributed by atoms with van der Waals surface area (Å²) in [7, 11) is 0. The molecule has 0 unspecified atom stereocenters. The van der Waals surface area contributed by atoms with Crippen LogP contribution in [-0.4, -0.2) is 25.1 Å². The highest BCUT2D eigenvalue weighted by Crippen LogP contribution is 2.36. The maximum atomic E-state index is 11.8. The fourth-order valence-corrected chi connectivity index (χ4v) is 3.79. The summed E-state index contributed by atoms with van der Waals surface area (Å²) in [5.74, 6) is 0. The maximum Gasteiger partial charge on any atom is 0.249 e. The number of aromatic nitrogens is 5. The van der Waals surface area contributed by atoms with Gasteiger partial charge in [-0.15, -0.1) is 0 Å². The van der Waals surface area contributed by atoms with Gasteiger partial charge in [0.15, 0.2) is 5.65 Å². The second-order valence-electron chi connectivity index (χ2n) is 6.86. The van der Waals surface area contributed by atoms with Gasteiger partial charge in [0.1, 0.15) is 5.52 Å². The molecule has 0 saturated carbocycles. The lowest BCUT2D eigenvalue weighted by molar-refractivity contribution is 1.12. The molecule has 0 fully saturated rings. The Labute approximate surface area is 175 Å². The molecule has 0 amide bonds. The Morgan fingerprint density at radius 3 is 2.80 bits per heavy atom. The molecular formula is C22H13ClN6O. The Balaban J connectivity index is 1.88. The first-order valence-electron chi connectivity index (χ1n) is 9.09. The van der Waals surface area contributed by atoms with E-state index in [-0.39, 0.29) is 5.56 Å². The van der Waals surface area contributed by atoms with Crippen LogP contribution in [0.3, 0.4) is 0 Å². The molecule has 0 aliphatic carbocycles. The molecule has 0 aliphatic heterocycles. The second-order valence-corrected chi connectivity index (χ2v) is 7.27. The summed E-state index contributed by atoms with van der Waals surface area (Å²) in [6.07, 6.45) is 1.69. The molecule has 0 radical (unpaired) electrons. The van der Waals surface area contributed by atoms with Crippen molar-refractivity contribution in [2.75, 3.05) is 0 Å². The van der Waals surface area contributed by atoms with Crippen LogP contribution in [0, 0.1) is 18.3 Å². The van der Waals surface area contributed by atoms with Crippen LogP contribution in [-0.2, 0) is 0 Å². The molecule has 0 spiro atoms. The zero-order valence-corrected chi connectivity index (χ0v) is 16.4. The molecule has 2 N–H and O–H groups in total. The smallest absolute Gasteiger partial charge is 0.249 e. The minimum Gasteiger partial charge on any atom is -0.305 e. The number of rotatable bonds is 2. The average molecular weight is 413 g/mol. The van der Waals surface area contributed by atoms with Gasteiger partial charge in [-0.25, -0.2) is 9.97 Å². The molecule has 2 aromatic carbocycles. The number of nitrogens with zero attached hydrogens (tertiary/aromatic N) is 4. The number of aromatic amines is 2. The predicted octanol–water partition coefficient (Wildman–Crippen LogP) is 4.36. The van der Waals surface area contributed by atoms with Gasteiger partial charge in [0.25, 0.3) is 0 Å². The lowest BCUT2D eigenvalue weighted by atomic mass is 9.96. The fourth-order valence-electron chi connectivity index (χ4n) is 3.52. The van der Waals surface area contributed by atoms with E-state index in [0.717, 1.165) is 27.6 Å². The van der Waals surface area contributed by atoms with Crippen LogP contribution in [0.25, 0.3) is 44.6 Å². The summed E-state index contributed by atoms with van der Waals surface area (Å²) in [6, 6.07) is 14.4. The Hall–Kier alpha value is -4.02. The predicted molar refractivity (Wildman–Crippen MR) is 115 cm³/mol. The number of hydrogen-bond acceptors (Lipinski definition) is 5. The molecule has 3 heterocycles. The van der Waals surface area contributed by atoms with Crippen LogP contribution >= 0.6 is 11.6 Å². The second kappa shape index (κ2) is 6.79. The molecular weight excluding hydrogens is 400 g/mol. The van der Waals surface area contributed by atoms with Crippen molar-refractivity contribution >= 4 is 33.7 Å². The van der Waals surface area contributed by atoms with Crippen LogP contribution in [0.2, 0.25) is 5.02 Å². The third kappa shape index (κ3) is 2.82. The number of halogens is 1. The van der Waals surface area contributed by atoms with Crippen LogP contribution in [0.4, 0.5) is 0 Å². The SMILES string of the molecule is Cc1c(C#N)cccc1-c1nc2[nH]c(=O)ccc2nc1-c1cc(Cl)c2[nH]ncc2c1. The van der Waals surface area contributed by atoms with Crippen LogP contribution in [0.15, 0.2) is 53.5 Å². The molecule has 30 heavy (non-hydrogen) atoms. The Morgan fingerprint density at radius 2 is 1.97 bits per heavy atom. The summed E-state index contributed by atoms with van der Waals surface area (Å²) in [4.78, 5) is 24.1. The molecule has 0 atom stereocenters. The first kappa shape index (κ1) is 18.0. The Morgan fingerprint density at radius 1 is 1.10 bits per heavy atom. The van der Waals surface area contributed by atoms with E-state index >= 15 is 0 Å². The molecule has 3 aromatic heterocycles. The Kier molecular flexibility index (Phi) is 4.09. The van der Waals surface area contributed by atoms with Crippen molar-refractivity contribution < 1.29 is 0 Å². The van der Waals surface area contributed by atoms with Crippen molar-refractivity contribution in [3.63, 3.8) is 0 Å². The molecule has 7 nitrogen and oxygen atoms in total. The minimum absolute atomic E-state index is 0.263. The first-order chi connectivity index (χ1) is 14.5. The Bertz CT molecular complexity index is 1560. The quantitative estimate of drug-likeness (QED) is 0.447. The third-order valence-electron chi connectivity index (χ3n) is 5.04. The normalized spacial score (nSPS) is 11.1. The van der Waals surface area contributed by atoms with E-state index in [2.05, 4.69) is 21.3 Å². The number of H-pyrrole nitrogens is 2. The fraction of sp³-hybridized carbons (Fsp3) is 0.0455. The van der Waals surface area contributed by atoms with Gasteiger partial charge in [0.05, 0.1) is 39.8 Å². The van der Waals surface area contributed by atoms with Gasteiger partial charge in [-0.3, -0.25) is 9.89 Å². The van der Waals surface area contributed by atoms with Gasteiger partial charge < -0.3 is 4.98 Å². The molecule has 5 rings (SSSR count). The molecule has 0 aliphatic rings. The van der Waals surface area contributed by atoms with E-state index in [1.807, 2.05) is 19.1 Å². The highest BCUT2D eigenvalue weighted by atomic mass is 35.5. The third-order valence-corrected chi connectivity index (χ3v) is 5.34. The van der Waals surface area contributed by atoms with Crippen molar-refractivity contribution in [3.8, 4) is 28.6 Å². The largest absolute Gasteiger partial charge is 0.305 e. The number of benzene rings is 2. The average Bonchev–Trinajstić information content (AvgIpc) is 3.22. The van der Waals surface area contributed by atoms with Gasteiger partial charge >= 0.3 is 0 Å². The van der Waals surface area contributed by atoms with Gasteiger partial charge in [-0.05, 0) is 36.8 Å². The molecule has 144 valence electrons. The van der Waals surface area contributed by atoms with Crippen molar-refractivity contribution in [2.45, 2.75) is 6.92 Å². The zero-order valence-electron chi connectivity index (χ0n) is 15.7. The highest BCUT2D eigenvalue weighted by molar-refractivity contribution is 6.35. The summed E-state index contributed by atoms with van der Waals surface area (Å²) in [5.41, 5.74) is 5.38. The highest BCUT2D eigenvalue weighted by Gasteiger charge is 2.18. The summed E-state index contributed by atoms with van der Waals surface area (Å²) < 4.78 is 0. The van der Waals surface area contributed by atoms with Gasteiger partial charge in [0, 0.05) is 22.6 Å². The van der Waals surface area contributed by atoms with Crippen LogP contribution in [0.1, 0.15) is 11.1 Å².